The Morgan fingerprint density at radius 3 is 2.36 bits per heavy atom. The van der Waals surface area contributed by atoms with Gasteiger partial charge in [0.15, 0.2) is 0 Å². The molecular formula is C16H20BrNO4. The normalized spacial score (nSPS) is 25.0. The van der Waals surface area contributed by atoms with Gasteiger partial charge in [0, 0.05) is 10.5 Å². The van der Waals surface area contributed by atoms with Gasteiger partial charge < -0.3 is 9.84 Å². The van der Waals surface area contributed by atoms with E-state index < -0.39 is 23.5 Å². The first kappa shape index (κ1) is 17.0. The SMILES string of the molecule is CC(C)(C)OC(=O)[C@H]1C[C@@H](C(=O)O)N[C@H]1c1ccc(Br)cc1. The summed E-state index contributed by atoms with van der Waals surface area (Å²) in [4.78, 5) is 23.7. The highest BCUT2D eigenvalue weighted by Gasteiger charge is 2.43. The molecule has 3 atom stereocenters. The predicted molar refractivity (Wildman–Crippen MR) is 85.4 cm³/mol. The zero-order valence-corrected chi connectivity index (χ0v) is 14.4. The summed E-state index contributed by atoms with van der Waals surface area (Å²) in [6.07, 6.45) is 0.227. The summed E-state index contributed by atoms with van der Waals surface area (Å²) in [5, 5.41) is 12.3. The van der Waals surface area contributed by atoms with Gasteiger partial charge in [-0.3, -0.25) is 14.9 Å². The molecule has 1 aromatic rings. The van der Waals surface area contributed by atoms with Crippen molar-refractivity contribution in [1.82, 2.24) is 5.32 Å². The molecule has 0 aromatic heterocycles. The van der Waals surface area contributed by atoms with E-state index in [0.29, 0.717) is 0 Å². The number of aliphatic carboxylic acids is 1. The van der Waals surface area contributed by atoms with Crippen molar-refractivity contribution in [3.63, 3.8) is 0 Å². The standard InChI is InChI=1S/C16H20BrNO4/c1-16(2,3)22-15(21)11-8-12(14(19)20)18-13(11)9-4-6-10(17)7-5-9/h4-7,11-13,18H,8H2,1-3H3,(H,19,20)/t11-,12-,13-/m0/s1. The number of hydrogen-bond acceptors (Lipinski definition) is 4. The Bertz CT molecular complexity index is 565. The topological polar surface area (TPSA) is 75.6 Å². The minimum absolute atomic E-state index is 0.227. The highest BCUT2D eigenvalue weighted by molar-refractivity contribution is 9.10. The van der Waals surface area contributed by atoms with Gasteiger partial charge in [-0.15, -0.1) is 0 Å². The van der Waals surface area contributed by atoms with Crippen molar-refractivity contribution < 1.29 is 19.4 Å². The van der Waals surface area contributed by atoms with Gasteiger partial charge in [-0.1, -0.05) is 28.1 Å². The molecule has 1 fully saturated rings. The summed E-state index contributed by atoms with van der Waals surface area (Å²) in [7, 11) is 0. The number of rotatable bonds is 3. The number of nitrogens with one attached hydrogen (secondary N) is 1. The molecule has 0 spiro atoms. The summed E-state index contributed by atoms with van der Waals surface area (Å²) in [5.74, 6) is -1.83. The van der Waals surface area contributed by atoms with Crippen LogP contribution in [0.25, 0.3) is 0 Å². The van der Waals surface area contributed by atoms with Crippen molar-refractivity contribution in [2.24, 2.45) is 5.92 Å². The smallest absolute Gasteiger partial charge is 0.320 e. The molecule has 0 unspecified atom stereocenters. The number of carbonyl (C=O) groups excluding carboxylic acids is 1. The number of esters is 1. The molecule has 1 aliphatic heterocycles. The number of carboxylic acid groups (broad SMARTS) is 1. The molecule has 2 rings (SSSR count). The van der Waals surface area contributed by atoms with Gasteiger partial charge in [0.05, 0.1) is 5.92 Å². The molecular weight excluding hydrogens is 350 g/mol. The van der Waals surface area contributed by atoms with Crippen LogP contribution >= 0.6 is 15.9 Å². The lowest BCUT2D eigenvalue weighted by atomic mass is 9.93. The zero-order valence-electron chi connectivity index (χ0n) is 12.8. The largest absolute Gasteiger partial charge is 0.480 e. The maximum atomic E-state index is 12.4. The Labute approximate surface area is 138 Å². The summed E-state index contributed by atoms with van der Waals surface area (Å²) in [6, 6.07) is 6.40. The average Bonchev–Trinajstić information content (AvgIpc) is 2.83. The van der Waals surface area contributed by atoms with E-state index in [1.54, 1.807) is 20.8 Å². The second kappa shape index (κ2) is 6.38. The van der Waals surface area contributed by atoms with Gasteiger partial charge in [0.2, 0.25) is 0 Å². The molecule has 0 radical (unpaired) electrons. The van der Waals surface area contributed by atoms with Crippen LogP contribution in [-0.4, -0.2) is 28.7 Å². The van der Waals surface area contributed by atoms with E-state index in [1.807, 2.05) is 24.3 Å². The van der Waals surface area contributed by atoms with Crippen LogP contribution < -0.4 is 5.32 Å². The Morgan fingerprint density at radius 1 is 1.27 bits per heavy atom. The quantitative estimate of drug-likeness (QED) is 0.801. The first-order chi connectivity index (χ1) is 10.2. The lowest BCUT2D eigenvalue weighted by Gasteiger charge is -2.25. The molecule has 0 bridgehead atoms. The molecule has 0 aliphatic carbocycles. The molecule has 1 aromatic carbocycles. The highest BCUT2D eigenvalue weighted by Crippen LogP contribution is 2.35. The molecule has 0 amide bonds. The van der Waals surface area contributed by atoms with Crippen LogP contribution in [0.15, 0.2) is 28.7 Å². The molecule has 2 N–H and O–H groups in total. The van der Waals surface area contributed by atoms with Gasteiger partial charge in [-0.05, 0) is 44.9 Å². The third kappa shape index (κ3) is 4.08. The minimum atomic E-state index is -0.951. The zero-order chi connectivity index (χ0) is 16.5. The number of carboxylic acids is 1. The Hall–Kier alpha value is -1.40. The lowest BCUT2D eigenvalue weighted by molar-refractivity contribution is -0.160. The van der Waals surface area contributed by atoms with Gasteiger partial charge >= 0.3 is 11.9 Å². The predicted octanol–water partition coefficient (Wildman–Crippen LogP) is 2.89. The number of halogens is 1. The average molecular weight is 370 g/mol. The molecule has 1 aliphatic rings. The summed E-state index contributed by atoms with van der Waals surface area (Å²) in [5.41, 5.74) is 0.283. The highest BCUT2D eigenvalue weighted by atomic mass is 79.9. The van der Waals surface area contributed by atoms with E-state index in [4.69, 9.17) is 4.74 Å². The van der Waals surface area contributed by atoms with Crippen LogP contribution in [0.4, 0.5) is 0 Å². The van der Waals surface area contributed by atoms with E-state index in [1.165, 1.54) is 0 Å². The summed E-state index contributed by atoms with van der Waals surface area (Å²) in [6.45, 7) is 5.41. The van der Waals surface area contributed by atoms with Crippen LogP contribution in [0.3, 0.4) is 0 Å². The van der Waals surface area contributed by atoms with Crippen LogP contribution in [-0.2, 0) is 14.3 Å². The van der Waals surface area contributed by atoms with Gasteiger partial charge in [-0.25, -0.2) is 0 Å². The van der Waals surface area contributed by atoms with Crippen LogP contribution in [0.2, 0.25) is 0 Å². The van der Waals surface area contributed by atoms with Crippen LogP contribution in [0, 0.1) is 5.92 Å². The van der Waals surface area contributed by atoms with Crippen molar-refractivity contribution in [3.05, 3.63) is 34.3 Å². The third-order valence-corrected chi connectivity index (χ3v) is 4.04. The van der Waals surface area contributed by atoms with Crippen molar-refractivity contribution in [1.29, 1.82) is 0 Å². The van der Waals surface area contributed by atoms with Gasteiger partial charge in [0.25, 0.3) is 0 Å². The molecule has 1 heterocycles. The van der Waals surface area contributed by atoms with E-state index in [2.05, 4.69) is 21.2 Å². The molecule has 1 saturated heterocycles. The first-order valence-corrected chi connectivity index (χ1v) is 7.94. The second-order valence-corrected chi connectivity index (χ2v) is 7.38. The summed E-state index contributed by atoms with van der Waals surface area (Å²) >= 11 is 3.37. The lowest BCUT2D eigenvalue weighted by Crippen LogP contribution is -2.33. The maximum absolute atomic E-state index is 12.4. The number of ether oxygens (including phenoxy) is 1. The van der Waals surface area contributed by atoms with Crippen LogP contribution in [0.1, 0.15) is 38.8 Å². The molecule has 6 heteroatoms. The number of hydrogen-bond donors (Lipinski definition) is 2. The second-order valence-electron chi connectivity index (χ2n) is 6.46. The fourth-order valence-electron chi connectivity index (χ4n) is 2.57. The number of carbonyl (C=O) groups is 2. The third-order valence-electron chi connectivity index (χ3n) is 3.51. The van der Waals surface area contributed by atoms with Crippen molar-refractivity contribution in [2.45, 2.75) is 44.9 Å². The fraction of sp³-hybridized carbons (Fsp3) is 0.500. The Morgan fingerprint density at radius 2 is 1.86 bits per heavy atom. The van der Waals surface area contributed by atoms with Crippen molar-refractivity contribution in [2.75, 3.05) is 0 Å². The Kier molecular flexibility index (Phi) is 4.92. The van der Waals surface area contributed by atoms with E-state index in [-0.39, 0.29) is 18.4 Å². The van der Waals surface area contributed by atoms with E-state index >= 15 is 0 Å². The molecule has 22 heavy (non-hydrogen) atoms. The minimum Gasteiger partial charge on any atom is -0.480 e. The first-order valence-electron chi connectivity index (χ1n) is 7.14. The molecule has 5 nitrogen and oxygen atoms in total. The number of benzene rings is 1. The van der Waals surface area contributed by atoms with E-state index in [0.717, 1.165) is 10.0 Å². The van der Waals surface area contributed by atoms with Crippen molar-refractivity contribution >= 4 is 27.9 Å². The van der Waals surface area contributed by atoms with Crippen LogP contribution in [0.5, 0.6) is 0 Å². The van der Waals surface area contributed by atoms with Gasteiger partial charge in [-0.2, -0.15) is 0 Å². The maximum Gasteiger partial charge on any atom is 0.320 e. The monoisotopic (exact) mass is 369 g/mol. The van der Waals surface area contributed by atoms with Crippen molar-refractivity contribution in [3.8, 4) is 0 Å². The Balaban J connectivity index is 2.25. The molecule has 120 valence electrons. The van der Waals surface area contributed by atoms with Gasteiger partial charge in [0.1, 0.15) is 11.6 Å². The summed E-state index contributed by atoms with van der Waals surface area (Å²) < 4.78 is 6.37. The fourth-order valence-corrected chi connectivity index (χ4v) is 2.84. The molecule has 0 saturated carbocycles. The van der Waals surface area contributed by atoms with E-state index in [9.17, 15) is 14.7 Å².